The van der Waals surface area contributed by atoms with Crippen LogP contribution in [0.1, 0.15) is 27.6 Å². The summed E-state index contributed by atoms with van der Waals surface area (Å²) in [5.41, 5.74) is 1.75. The number of Topliss-reactive ketones (excluding diaryl/α,β-unsaturated/α-hetero) is 1. The fourth-order valence-corrected chi connectivity index (χ4v) is 2.90. The summed E-state index contributed by atoms with van der Waals surface area (Å²) < 4.78 is 12.1. The van der Waals surface area contributed by atoms with Crippen molar-refractivity contribution >= 4 is 23.3 Å². The van der Waals surface area contributed by atoms with Crippen LogP contribution < -0.4 is 10.1 Å². The highest BCUT2D eigenvalue weighted by Crippen LogP contribution is 2.29. The second-order valence-electron chi connectivity index (χ2n) is 6.47. The van der Waals surface area contributed by atoms with E-state index < -0.39 is 17.9 Å². The van der Waals surface area contributed by atoms with Crippen molar-refractivity contribution in [1.29, 1.82) is 0 Å². The van der Waals surface area contributed by atoms with Gasteiger partial charge < -0.3 is 14.8 Å². The standard InChI is InChI=1S/C21H17N3O5/c1-13(20(26)14-7-8-18-17(9-14)23-19(25)12-28-18)29-21(27)15-10-22-24(11-15)16-5-3-2-4-6-16/h2-11,13H,12H2,1H3,(H,23,25). The largest absolute Gasteiger partial charge is 0.482 e. The van der Waals surface area contributed by atoms with Gasteiger partial charge in [-0.25, -0.2) is 9.48 Å². The van der Waals surface area contributed by atoms with Gasteiger partial charge in [-0.15, -0.1) is 0 Å². The van der Waals surface area contributed by atoms with Crippen molar-refractivity contribution in [2.75, 3.05) is 11.9 Å². The highest BCUT2D eigenvalue weighted by molar-refractivity contribution is 6.03. The average Bonchev–Trinajstić information content (AvgIpc) is 3.23. The number of rotatable bonds is 5. The zero-order chi connectivity index (χ0) is 20.4. The van der Waals surface area contributed by atoms with Gasteiger partial charge in [0.15, 0.2) is 12.7 Å². The van der Waals surface area contributed by atoms with Crippen molar-refractivity contribution in [3.05, 3.63) is 72.1 Å². The molecule has 0 saturated carbocycles. The number of fused-ring (bicyclic) bond motifs is 1. The van der Waals surface area contributed by atoms with Crippen LogP contribution in [0.2, 0.25) is 0 Å². The molecule has 1 aliphatic rings. The Labute approximate surface area is 166 Å². The summed E-state index contributed by atoms with van der Waals surface area (Å²) in [6, 6.07) is 14.0. The van der Waals surface area contributed by atoms with Crippen LogP contribution in [0, 0.1) is 0 Å². The number of hydrogen-bond acceptors (Lipinski definition) is 6. The first-order valence-corrected chi connectivity index (χ1v) is 8.93. The Kier molecular flexibility index (Phi) is 4.82. The van der Waals surface area contributed by atoms with Crippen LogP contribution >= 0.6 is 0 Å². The second-order valence-corrected chi connectivity index (χ2v) is 6.47. The van der Waals surface area contributed by atoms with Crippen LogP contribution in [-0.2, 0) is 9.53 Å². The minimum Gasteiger partial charge on any atom is -0.482 e. The molecule has 0 fully saturated rings. The summed E-state index contributed by atoms with van der Waals surface area (Å²) in [4.78, 5) is 36.5. The Morgan fingerprint density at radius 1 is 1.17 bits per heavy atom. The lowest BCUT2D eigenvalue weighted by atomic mass is 10.1. The van der Waals surface area contributed by atoms with E-state index in [-0.39, 0.29) is 18.1 Å². The maximum Gasteiger partial charge on any atom is 0.342 e. The number of aromatic nitrogens is 2. The zero-order valence-electron chi connectivity index (χ0n) is 15.5. The van der Waals surface area contributed by atoms with E-state index in [9.17, 15) is 14.4 Å². The third kappa shape index (κ3) is 3.86. The molecule has 0 saturated heterocycles. The molecule has 3 aromatic rings. The molecule has 1 aliphatic heterocycles. The zero-order valence-corrected chi connectivity index (χ0v) is 15.5. The first-order chi connectivity index (χ1) is 14.0. The summed E-state index contributed by atoms with van der Waals surface area (Å²) >= 11 is 0. The number of benzene rings is 2. The minimum atomic E-state index is -1.01. The molecule has 2 heterocycles. The molecule has 8 heteroatoms. The average molecular weight is 391 g/mol. The monoisotopic (exact) mass is 391 g/mol. The van der Waals surface area contributed by atoms with Crippen molar-refractivity contribution < 1.29 is 23.9 Å². The van der Waals surface area contributed by atoms with E-state index in [1.807, 2.05) is 30.3 Å². The SMILES string of the molecule is CC(OC(=O)c1cnn(-c2ccccc2)c1)C(=O)c1ccc2c(c1)NC(=O)CO2. The molecule has 0 radical (unpaired) electrons. The minimum absolute atomic E-state index is 0.0645. The Morgan fingerprint density at radius 3 is 2.76 bits per heavy atom. The van der Waals surface area contributed by atoms with Gasteiger partial charge in [-0.2, -0.15) is 5.10 Å². The van der Waals surface area contributed by atoms with Crippen molar-refractivity contribution in [3.63, 3.8) is 0 Å². The fourth-order valence-electron chi connectivity index (χ4n) is 2.90. The lowest BCUT2D eigenvalue weighted by molar-refractivity contribution is -0.118. The molecule has 146 valence electrons. The molecule has 29 heavy (non-hydrogen) atoms. The first kappa shape index (κ1) is 18.4. The van der Waals surface area contributed by atoms with Gasteiger partial charge in [0, 0.05) is 11.8 Å². The highest BCUT2D eigenvalue weighted by atomic mass is 16.5. The Balaban J connectivity index is 1.45. The predicted molar refractivity (Wildman–Crippen MR) is 103 cm³/mol. The fraction of sp³-hybridized carbons (Fsp3) is 0.143. The van der Waals surface area contributed by atoms with Crippen LogP contribution in [0.3, 0.4) is 0 Å². The molecule has 1 atom stereocenters. The van der Waals surface area contributed by atoms with Crippen molar-refractivity contribution in [3.8, 4) is 11.4 Å². The smallest absolute Gasteiger partial charge is 0.342 e. The van der Waals surface area contributed by atoms with Gasteiger partial charge in [-0.1, -0.05) is 18.2 Å². The number of nitrogens with zero attached hydrogens (tertiary/aromatic N) is 2. The maximum atomic E-state index is 12.7. The molecule has 2 aromatic carbocycles. The molecule has 8 nitrogen and oxygen atoms in total. The van der Waals surface area contributed by atoms with Crippen molar-refractivity contribution in [1.82, 2.24) is 9.78 Å². The molecule has 0 bridgehead atoms. The number of esters is 1. The Hall–Kier alpha value is -3.94. The van der Waals surface area contributed by atoms with Crippen molar-refractivity contribution in [2.24, 2.45) is 0 Å². The molecule has 1 N–H and O–H groups in total. The molecule has 0 spiro atoms. The molecule has 1 unspecified atom stereocenters. The van der Waals surface area contributed by atoms with Crippen LogP contribution in [0.4, 0.5) is 5.69 Å². The van der Waals surface area contributed by atoms with Crippen LogP contribution in [0.15, 0.2) is 60.9 Å². The van der Waals surface area contributed by atoms with Gasteiger partial charge in [0.2, 0.25) is 5.78 Å². The van der Waals surface area contributed by atoms with E-state index in [4.69, 9.17) is 9.47 Å². The molecular formula is C21H17N3O5. The van der Waals surface area contributed by atoms with Gasteiger partial charge in [-0.3, -0.25) is 9.59 Å². The molecule has 0 aliphatic carbocycles. The van der Waals surface area contributed by atoms with Gasteiger partial charge in [0.1, 0.15) is 5.75 Å². The van der Waals surface area contributed by atoms with Crippen molar-refractivity contribution in [2.45, 2.75) is 13.0 Å². The number of para-hydroxylation sites is 1. The summed E-state index contributed by atoms with van der Waals surface area (Å²) in [6.07, 6.45) is 1.92. The lowest BCUT2D eigenvalue weighted by Crippen LogP contribution is -2.27. The van der Waals surface area contributed by atoms with E-state index in [2.05, 4.69) is 10.4 Å². The van der Waals surface area contributed by atoms with E-state index >= 15 is 0 Å². The molecule has 4 rings (SSSR count). The summed E-state index contributed by atoms with van der Waals surface area (Å²) in [5, 5.41) is 6.79. The number of carbonyl (C=O) groups excluding carboxylic acids is 3. The van der Waals surface area contributed by atoms with Crippen LogP contribution in [-0.4, -0.2) is 40.2 Å². The summed E-state index contributed by atoms with van der Waals surface area (Å²) in [7, 11) is 0. The Morgan fingerprint density at radius 2 is 1.97 bits per heavy atom. The second kappa shape index (κ2) is 7.59. The predicted octanol–water partition coefficient (Wildman–Crippen LogP) is 2.63. The molecular weight excluding hydrogens is 374 g/mol. The number of nitrogens with one attached hydrogen (secondary N) is 1. The quantitative estimate of drug-likeness (QED) is 0.530. The summed E-state index contributed by atoms with van der Waals surface area (Å²) in [5.74, 6) is -0.852. The maximum absolute atomic E-state index is 12.7. The lowest BCUT2D eigenvalue weighted by Gasteiger charge is -2.19. The number of carbonyl (C=O) groups is 3. The van der Waals surface area contributed by atoms with E-state index in [1.54, 1.807) is 23.0 Å². The Bertz CT molecular complexity index is 1090. The van der Waals surface area contributed by atoms with Gasteiger partial charge in [-0.05, 0) is 37.3 Å². The number of hydrogen-bond donors (Lipinski definition) is 1. The van der Waals surface area contributed by atoms with Gasteiger partial charge in [0.25, 0.3) is 5.91 Å². The van der Waals surface area contributed by atoms with Crippen LogP contribution in [0.5, 0.6) is 5.75 Å². The summed E-state index contributed by atoms with van der Waals surface area (Å²) in [6.45, 7) is 1.43. The highest BCUT2D eigenvalue weighted by Gasteiger charge is 2.24. The number of anilines is 1. The van der Waals surface area contributed by atoms with Gasteiger partial charge >= 0.3 is 5.97 Å². The number of amides is 1. The third-order valence-electron chi connectivity index (χ3n) is 4.39. The number of ketones is 1. The normalized spacial score (nSPS) is 13.6. The third-order valence-corrected chi connectivity index (χ3v) is 4.39. The van der Waals surface area contributed by atoms with E-state index in [1.165, 1.54) is 19.2 Å². The molecule has 1 amide bonds. The number of ether oxygens (including phenoxy) is 2. The molecule has 1 aromatic heterocycles. The topological polar surface area (TPSA) is 99.5 Å². The van der Waals surface area contributed by atoms with E-state index in [0.717, 1.165) is 5.69 Å². The van der Waals surface area contributed by atoms with Gasteiger partial charge in [0.05, 0.1) is 23.1 Å². The van der Waals surface area contributed by atoms with Crippen LogP contribution in [0.25, 0.3) is 5.69 Å². The van der Waals surface area contributed by atoms with E-state index in [0.29, 0.717) is 17.0 Å². The first-order valence-electron chi connectivity index (χ1n) is 8.93.